The quantitative estimate of drug-likeness (QED) is 0.877. The molecular weight excluding hydrogens is 236 g/mol. The van der Waals surface area contributed by atoms with Gasteiger partial charge in [0, 0.05) is 4.88 Å². The number of methoxy groups -OCH3 is 1. The first-order chi connectivity index (χ1) is 8.19. The summed E-state index contributed by atoms with van der Waals surface area (Å²) in [4.78, 5) is 11.8. The lowest BCUT2D eigenvalue weighted by atomic mass is 10.2. The Bertz CT molecular complexity index is 520. The largest absolute Gasteiger partial charge is 0.497 e. The minimum Gasteiger partial charge on any atom is -0.497 e. The number of nitrogens with one attached hydrogen (secondary N) is 1. The molecule has 1 aromatic heterocycles. The van der Waals surface area contributed by atoms with E-state index in [2.05, 4.69) is 5.32 Å². The van der Waals surface area contributed by atoms with Gasteiger partial charge in [-0.25, -0.2) is 4.79 Å². The lowest BCUT2D eigenvalue weighted by Crippen LogP contribution is -2.18. The van der Waals surface area contributed by atoms with Crippen LogP contribution in [0.15, 0.2) is 36.4 Å². The maximum absolute atomic E-state index is 10.7. The van der Waals surface area contributed by atoms with Gasteiger partial charge in [-0.15, -0.1) is 11.3 Å². The average Bonchev–Trinajstić information content (AvgIpc) is 2.77. The number of benzene rings is 1. The first kappa shape index (κ1) is 11.5. The predicted molar refractivity (Wildman–Crippen MR) is 69.5 cm³/mol. The molecule has 0 saturated carbocycles. The Labute approximate surface area is 103 Å². The minimum atomic E-state index is -0.548. The van der Waals surface area contributed by atoms with Gasteiger partial charge in [-0.2, -0.15) is 0 Å². The van der Waals surface area contributed by atoms with Crippen molar-refractivity contribution in [3.8, 4) is 16.2 Å². The smallest absolute Gasteiger partial charge is 0.317 e. The summed E-state index contributed by atoms with van der Waals surface area (Å²) in [5.41, 5.74) is 6.13. The number of amides is 2. The van der Waals surface area contributed by atoms with Crippen LogP contribution in [0.5, 0.6) is 5.75 Å². The van der Waals surface area contributed by atoms with Crippen LogP contribution in [0.1, 0.15) is 0 Å². The van der Waals surface area contributed by atoms with Crippen molar-refractivity contribution in [2.75, 3.05) is 12.4 Å². The van der Waals surface area contributed by atoms with Crippen LogP contribution in [0, 0.1) is 0 Å². The Morgan fingerprint density at radius 1 is 1.24 bits per heavy atom. The van der Waals surface area contributed by atoms with Crippen LogP contribution >= 0.6 is 11.3 Å². The highest BCUT2D eigenvalue weighted by molar-refractivity contribution is 7.19. The van der Waals surface area contributed by atoms with E-state index in [1.807, 2.05) is 36.4 Å². The summed E-state index contributed by atoms with van der Waals surface area (Å²) in [7, 11) is 1.63. The molecule has 0 aliphatic rings. The molecule has 1 aromatic carbocycles. The minimum absolute atomic E-state index is 0.548. The standard InChI is InChI=1S/C12H12N2O2S/c1-16-9-4-2-8(3-5-9)10-6-7-11(17-10)14-12(13)15/h2-7H,1H3,(H3,13,14,15). The third-order valence-electron chi connectivity index (χ3n) is 2.23. The lowest BCUT2D eigenvalue weighted by Gasteiger charge is -2.01. The molecule has 2 rings (SSSR count). The van der Waals surface area contributed by atoms with E-state index in [9.17, 15) is 4.79 Å². The van der Waals surface area contributed by atoms with E-state index < -0.39 is 6.03 Å². The van der Waals surface area contributed by atoms with Gasteiger partial charge >= 0.3 is 6.03 Å². The van der Waals surface area contributed by atoms with Crippen LogP contribution in [-0.4, -0.2) is 13.1 Å². The molecule has 0 aliphatic heterocycles. The molecule has 2 amide bonds. The molecule has 0 fully saturated rings. The van der Waals surface area contributed by atoms with Crippen molar-refractivity contribution in [1.82, 2.24) is 0 Å². The topological polar surface area (TPSA) is 64.3 Å². The van der Waals surface area contributed by atoms with E-state index >= 15 is 0 Å². The van der Waals surface area contributed by atoms with Crippen LogP contribution in [0.25, 0.3) is 10.4 Å². The number of hydrogen-bond donors (Lipinski definition) is 2. The van der Waals surface area contributed by atoms with Gasteiger partial charge in [0.25, 0.3) is 0 Å². The third kappa shape index (κ3) is 2.76. The molecule has 0 saturated heterocycles. The molecule has 88 valence electrons. The number of hydrogen-bond acceptors (Lipinski definition) is 3. The maximum Gasteiger partial charge on any atom is 0.317 e. The van der Waals surface area contributed by atoms with E-state index in [1.165, 1.54) is 11.3 Å². The number of urea groups is 1. The molecule has 0 unspecified atom stereocenters. The molecule has 0 bridgehead atoms. The number of ether oxygens (including phenoxy) is 1. The van der Waals surface area contributed by atoms with E-state index in [0.717, 1.165) is 21.2 Å². The highest BCUT2D eigenvalue weighted by Gasteiger charge is 2.04. The third-order valence-corrected chi connectivity index (χ3v) is 3.28. The second-order valence-corrected chi connectivity index (χ2v) is 4.47. The zero-order chi connectivity index (χ0) is 12.3. The fraction of sp³-hybridized carbons (Fsp3) is 0.0833. The molecule has 0 atom stereocenters. The molecule has 5 heteroatoms. The van der Waals surface area contributed by atoms with Crippen LogP contribution in [-0.2, 0) is 0 Å². The summed E-state index contributed by atoms with van der Waals surface area (Å²) in [6.45, 7) is 0. The van der Waals surface area contributed by atoms with Crippen LogP contribution < -0.4 is 15.8 Å². The van der Waals surface area contributed by atoms with Crippen molar-refractivity contribution in [1.29, 1.82) is 0 Å². The molecule has 0 radical (unpaired) electrons. The van der Waals surface area contributed by atoms with Crippen molar-refractivity contribution < 1.29 is 9.53 Å². The molecule has 4 nitrogen and oxygen atoms in total. The fourth-order valence-electron chi connectivity index (χ4n) is 1.44. The van der Waals surface area contributed by atoms with E-state index in [-0.39, 0.29) is 0 Å². The summed E-state index contributed by atoms with van der Waals surface area (Å²) in [5, 5.41) is 3.29. The predicted octanol–water partition coefficient (Wildman–Crippen LogP) is 2.91. The molecular formula is C12H12N2O2S. The molecule has 0 aliphatic carbocycles. The monoisotopic (exact) mass is 248 g/mol. The van der Waals surface area contributed by atoms with Crippen LogP contribution in [0.2, 0.25) is 0 Å². The van der Waals surface area contributed by atoms with Gasteiger partial charge in [0.2, 0.25) is 0 Å². The van der Waals surface area contributed by atoms with Crippen LogP contribution in [0.4, 0.5) is 9.80 Å². The Morgan fingerprint density at radius 3 is 2.53 bits per heavy atom. The second kappa shape index (κ2) is 4.88. The molecule has 3 N–H and O–H groups in total. The maximum atomic E-state index is 10.7. The first-order valence-corrected chi connectivity index (χ1v) is 5.81. The first-order valence-electron chi connectivity index (χ1n) is 5.00. The summed E-state index contributed by atoms with van der Waals surface area (Å²) >= 11 is 1.48. The van der Waals surface area contributed by atoms with Gasteiger partial charge in [-0.05, 0) is 42.0 Å². The average molecular weight is 248 g/mol. The number of rotatable bonds is 3. The Morgan fingerprint density at radius 2 is 1.94 bits per heavy atom. The van der Waals surface area contributed by atoms with Crippen LogP contribution in [0.3, 0.4) is 0 Å². The van der Waals surface area contributed by atoms with Crippen molar-refractivity contribution in [2.24, 2.45) is 5.73 Å². The molecule has 17 heavy (non-hydrogen) atoms. The Kier molecular flexibility index (Phi) is 3.30. The number of thiophene rings is 1. The number of anilines is 1. The summed E-state index contributed by atoms with van der Waals surface area (Å²) in [6.07, 6.45) is 0. The number of carbonyl (C=O) groups is 1. The summed E-state index contributed by atoms with van der Waals surface area (Å²) in [5.74, 6) is 0.820. The normalized spacial score (nSPS) is 9.94. The summed E-state index contributed by atoms with van der Waals surface area (Å²) in [6, 6.07) is 11.0. The number of carbonyl (C=O) groups excluding carboxylic acids is 1. The van der Waals surface area contributed by atoms with E-state index in [1.54, 1.807) is 7.11 Å². The van der Waals surface area contributed by atoms with Gasteiger partial charge in [0.15, 0.2) is 0 Å². The van der Waals surface area contributed by atoms with Crippen molar-refractivity contribution in [3.05, 3.63) is 36.4 Å². The second-order valence-electron chi connectivity index (χ2n) is 3.38. The van der Waals surface area contributed by atoms with Crippen molar-refractivity contribution in [3.63, 3.8) is 0 Å². The summed E-state index contributed by atoms with van der Waals surface area (Å²) < 4.78 is 5.09. The number of primary amides is 1. The Balaban J connectivity index is 2.21. The van der Waals surface area contributed by atoms with Gasteiger partial charge in [-0.3, -0.25) is 5.32 Å². The van der Waals surface area contributed by atoms with Gasteiger partial charge < -0.3 is 10.5 Å². The van der Waals surface area contributed by atoms with E-state index in [4.69, 9.17) is 10.5 Å². The fourth-order valence-corrected chi connectivity index (χ4v) is 2.35. The Hall–Kier alpha value is -2.01. The SMILES string of the molecule is COc1ccc(-c2ccc(NC(N)=O)s2)cc1. The van der Waals surface area contributed by atoms with Gasteiger partial charge in [0.1, 0.15) is 5.75 Å². The highest BCUT2D eigenvalue weighted by atomic mass is 32.1. The molecule has 1 heterocycles. The lowest BCUT2D eigenvalue weighted by molar-refractivity contribution is 0.259. The van der Waals surface area contributed by atoms with Crippen molar-refractivity contribution >= 4 is 22.4 Å². The van der Waals surface area contributed by atoms with E-state index in [0.29, 0.717) is 0 Å². The zero-order valence-corrected chi connectivity index (χ0v) is 10.1. The molecule has 2 aromatic rings. The molecule has 0 spiro atoms. The van der Waals surface area contributed by atoms with Gasteiger partial charge in [0.05, 0.1) is 12.1 Å². The van der Waals surface area contributed by atoms with Crippen molar-refractivity contribution in [2.45, 2.75) is 0 Å². The zero-order valence-electron chi connectivity index (χ0n) is 9.27. The highest BCUT2D eigenvalue weighted by Crippen LogP contribution is 2.32. The number of nitrogens with two attached hydrogens (primary N) is 1. The van der Waals surface area contributed by atoms with Gasteiger partial charge in [-0.1, -0.05) is 0 Å².